The number of hydrogen-bond acceptors (Lipinski definition) is 3. The number of benzene rings is 1. The summed E-state index contributed by atoms with van der Waals surface area (Å²) in [4.78, 5) is 0. The molecule has 19 heavy (non-hydrogen) atoms. The van der Waals surface area contributed by atoms with E-state index < -0.39 is 11.6 Å². The van der Waals surface area contributed by atoms with Crippen LogP contribution in [0.25, 0.3) is 0 Å². The van der Waals surface area contributed by atoms with Gasteiger partial charge in [-0.3, -0.25) is 11.3 Å². The summed E-state index contributed by atoms with van der Waals surface area (Å²) >= 11 is 0. The highest BCUT2D eigenvalue weighted by Gasteiger charge is 2.20. The summed E-state index contributed by atoms with van der Waals surface area (Å²) in [5.74, 6) is 4.39. The van der Waals surface area contributed by atoms with Gasteiger partial charge in [0.2, 0.25) is 0 Å². The molecule has 0 amide bonds. The fourth-order valence-electron chi connectivity index (χ4n) is 2.18. The molecule has 0 spiro atoms. The zero-order chi connectivity index (χ0) is 14.3. The van der Waals surface area contributed by atoms with E-state index in [1.165, 1.54) is 12.1 Å². The molecule has 1 aromatic carbocycles. The highest BCUT2D eigenvalue weighted by atomic mass is 19.1. The van der Waals surface area contributed by atoms with Gasteiger partial charge in [0.1, 0.15) is 11.6 Å². The van der Waals surface area contributed by atoms with Crippen molar-refractivity contribution in [1.82, 2.24) is 5.43 Å². The normalized spacial score (nSPS) is 14.4. The third-order valence-corrected chi connectivity index (χ3v) is 2.99. The van der Waals surface area contributed by atoms with Crippen molar-refractivity contribution in [2.45, 2.75) is 45.3 Å². The van der Waals surface area contributed by atoms with E-state index >= 15 is 0 Å². The van der Waals surface area contributed by atoms with Crippen LogP contribution in [0.2, 0.25) is 0 Å². The first-order valence-corrected chi connectivity index (χ1v) is 6.63. The van der Waals surface area contributed by atoms with Gasteiger partial charge in [-0.15, -0.1) is 0 Å². The molecule has 0 bridgehead atoms. The third kappa shape index (κ3) is 5.22. The molecule has 0 aromatic heterocycles. The maximum atomic E-state index is 13.2. The molecule has 3 N–H and O–H groups in total. The molecular weight excluding hydrogens is 250 g/mol. The van der Waals surface area contributed by atoms with Crippen molar-refractivity contribution < 1.29 is 13.5 Å². The molecule has 0 heterocycles. The lowest BCUT2D eigenvalue weighted by Gasteiger charge is -2.26. The van der Waals surface area contributed by atoms with Gasteiger partial charge >= 0.3 is 0 Å². The highest BCUT2D eigenvalue weighted by Crippen LogP contribution is 2.15. The lowest BCUT2D eigenvalue weighted by Crippen LogP contribution is -2.46. The van der Waals surface area contributed by atoms with E-state index in [0.29, 0.717) is 18.6 Å². The fourth-order valence-corrected chi connectivity index (χ4v) is 2.18. The number of nitrogens with one attached hydrogen (secondary N) is 1. The van der Waals surface area contributed by atoms with Gasteiger partial charge in [-0.1, -0.05) is 13.3 Å². The molecule has 0 saturated carbocycles. The lowest BCUT2D eigenvalue weighted by atomic mass is 9.98. The number of hydrogen-bond donors (Lipinski definition) is 2. The van der Waals surface area contributed by atoms with Crippen LogP contribution in [0.15, 0.2) is 18.2 Å². The van der Waals surface area contributed by atoms with Crippen LogP contribution in [-0.2, 0) is 11.2 Å². The summed E-state index contributed by atoms with van der Waals surface area (Å²) in [6, 6.07) is 3.34. The van der Waals surface area contributed by atoms with Crippen LogP contribution >= 0.6 is 0 Å². The lowest BCUT2D eigenvalue weighted by molar-refractivity contribution is 0.0281. The average molecular weight is 272 g/mol. The first-order valence-electron chi connectivity index (χ1n) is 6.63. The van der Waals surface area contributed by atoms with Gasteiger partial charge in [-0.2, -0.15) is 0 Å². The van der Waals surface area contributed by atoms with Crippen molar-refractivity contribution in [1.29, 1.82) is 0 Å². The quantitative estimate of drug-likeness (QED) is 0.565. The summed E-state index contributed by atoms with van der Waals surface area (Å²) in [7, 11) is 0. The predicted molar refractivity (Wildman–Crippen MR) is 71.5 cm³/mol. The van der Waals surface area contributed by atoms with Crippen molar-refractivity contribution in [3.63, 3.8) is 0 Å². The largest absolute Gasteiger partial charge is 0.377 e. The second-order valence-electron chi connectivity index (χ2n) is 4.54. The fraction of sp³-hybridized carbons (Fsp3) is 0.571. The second kappa shape index (κ2) is 8.19. The van der Waals surface area contributed by atoms with Crippen molar-refractivity contribution in [2.24, 2.45) is 5.84 Å². The molecule has 2 atom stereocenters. The van der Waals surface area contributed by atoms with Gasteiger partial charge in [0, 0.05) is 12.7 Å². The summed E-state index contributed by atoms with van der Waals surface area (Å²) in [5, 5.41) is 0. The number of halogens is 2. The SMILES string of the molecule is CCCC(OCC)C(Cc1cc(F)cc(F)c1)NN. The Morgan fingerprint density at radius 1 is 1.21 bits per heavy atom. The monoisotopic (exact) mass is 272 g/mol. The smallest absolute Gasteiger partial charge is 0.126 e. The van der Waals surface area contributed by atoms with Crippen molar-refractivity contribution in [2.75, 3.05) is 6.61 Å². The number of nitrogens with two attached hydrogens (primary N) is 1. The zero-order valence-corrected chi connectivity index (χ0v) is 11.5. The van der Waals surface area contributed by atoms with E-state index in [9.17, 15) is 8.78 Å². The van der Waals surface area contributed by atoms with Gasteiger partial charge in [-0.05, 0) is 37.5 Å². The number of hydrazine groups is 1. The van der Waals surface area contributed by atoms with Gasteiger partial charge in [0.15, 0.2) is 0 Å². The minimum Gasteiger partial charge on any atom is -0.377 e. The Labute approximate surface area is 113 Å². The molecule has 0 radical (unpaired) electrons. The average Bonchev–Trinajstić information content (AvgIpc) is 2.34. The van der Waals surface area contributed by atoms with E-state index in [1.54, 1.807) is 0 Å². The van der Waals surface area contributed by atoms with E-state index in [2.05, 4.69) is 12.3 Å². The van der Waals surface area contributed by atoms with Gasteiger partial charge < -0.3 is 4.74 Å². The molecule has 1 aromatic rings. The first-order chi connectivity index (χ1) is 9.10. The Bertz CT molecular complexity index is 361. The summed E-state index contributed by atoms with van der Waals surface area (Å²) < 4.78 is 32.0. The highest BCUT2D eigenvalue weighted by molar-refractivity contribution is 5.19. The molecule has 3 nitrogen and oxygen atoms in total. The molecule has 1 rings (SSSR count). The van der Waals surface area contributed by atoms with E-state index in [0.717, 1.165) is 18.9 Å². The zero-order valence-electron chi connectivity index (χ0n) is 11.5. The van der Waals surface area contributed by atoms with Crippen molar-refractivity contribution in [3.05, 3.63) is 35.4 Å². The maximum Gasteiger partial charge on any atom is 0.126 e. The molecule has 0 aliphatic rings. The minimum absolute atomic E-state index is 0.0636. The van der Waals surface area contributed by atoms with Crippen LogP contribution in [0.5, 0.6) is 0 Å². The van der Waals surface area contributed by atoms with Gasteiger partial charge in [0.25, 0.3) is 0 Å². The summed E-state index contributed by atoms with van der Waals surface area (Å²) in [5.41, 5.74) is 3.26. The van der Waals surface area contributed by atoms with E-state index in [4.69, 9.17) is 10.6 Å². The van der Waals surface area contributed by atoms with Crippen molar-refractivity contribution >= 4 is 0 Å². The Hall–Kier alpha value is -1.04. The molecule has 108 valence electrons. The Morgan fingerprint density at radius 2 is 1.84 bits per heavy atom. The Kier molecular flexibility index (Phi) is 6.91. The third-order valence-electron chi connectivity index (χ3n) is 2.99. The van der Waals surface area contributed by atoms with Crippen LogP contribution in [0, 0.1) is 11.6 Å². The molecule has 5 heteroatoms. The Morgan fingerprint density at radius 3 is 2.32 bits per heavy atom. The van der Waals surface area contributed by atoms with Crippen LogP contribution in [-0.4, -0.2) is 18.8 Å². The topological polar surface area (TPSA) is 47.3 Å². The van der Waals surface area contributed by atoms with Crippen LogP contribution in [0.3, 0.4) is 0 Å². The number of rotatable bonds is 8. The Balaban J connectivity index is 2.78. The van der Waals surface area contributed by atoms with Crippen LogP contribution in [0.1, 0.15) is 32.3 Å². The maximum absolute atomic E-state index is 13.2. The van der Waals surface area contributed by atoms with Crippen molar-refractivity contribution in [3.8, 4) is 0 Å². The second-order valence-corrected chi connectivity index (χ2v) is 4.54. The van der Waals surface area contributed by atoms with Crippen LogP contribution in [0.4, 0.5) is 8.78 Å². The molecule has 0 aliphatic heterocycles. The molecule has 0 fully saturated rings. The summed E-state index contributed by atoms with van der Waals surface area (Å²) in [6.45, 7) is 4.56. The van der Waals surface area contributed by atoms with E-state index in [-0.39, 0.29) is 12.1 Å². The molecule has 0 aliphatic carbocycles. The minimum atomic E-state index is -0.575. The van der Waals surface area contributed by atoms with Gasteiger partial charge in [0.05, 0.1) is 12.1 Å². The van der Waals surface area contributed by atoms with Crippen LogP contribution < -0.4 is 11.3 Å². The summed E-state index contributed by atoms with van der Waals surface area (Å²) in [6.07, 6.45) is 2.17. The first kappa shape index (κ1) is 16.0. The standard InChI is InChI=1S/C14H22F2N2O/c1-3-5-14(19-4-2)13(18-17)8-10-6-11(15)9-12(16)7-10/h6-7,9,13-14,18H,3-5,8,17H2,1-2H3. The molecule has 2 unspecified atom stereocenters. The van der Waals surface area contributed by atoms with E-state index in [1.807, 2.05) is 6.92 Å². The van der Waals surface area contributed by atoms with Gasteiger partial charge in [-0.25, -0.2) is 8.78 Å². The molecule has 0 saturated heterocycles. The number of ether oxygens (including phenoxy) is 1. The predicted octanol–water partition coefficient (Wildman–Crippen LogP) is 2.54. The molecular formula is C14H22F2N2O.